The zero-order chi connectivity index (χ0) is 12.7. The van der Waals surface area contributed by atoms with Crippen molar-refractivity contribution in [3.8, 4) is 5.69 Å². The summed E-state index contributed by atoms with van der Waals surface area (Å²) < 4.78 is 3.56. The van der Waals surface area contributed by atoms with Gasteiger partial charge < -0.3 is 5.73 Å². The normalized spacial score (nSPS) is 10.9. The lowest BCUT2D eigenvalue weighted by Crippen LogP contribution is -2.31. The van der Waals surface area contributed by atoms with E-state index < -0.39 is 0 Å². The van der Waals surface area contributed by atoms with E-state index in [0.717, 1.165) is 5.69 Å². The highest BCUT2D eigenvalue weighted by Crippen LogP contribution is 2.12. The fourth-order valence-electron chi connectivity index (χ4n) is 2.02. The van der Waals surface area contributed by atoms with Crippen molar-refractivity contribution >= 4 is 17.1 Å². The van der Waals surface area contributed by atoms with Crippen LogP contribution in [0.4, 0.5) is 5.95 Å². The smallest absolute Gasteiger partial charge is 0.304 e. The van der Waals surface area contributed by atoms with E-state index in [9.17, 15) is 4.79 Å². The molecule has 0 aliphatic carbocycles. The Morgan fingerprint density at radius 3 is 2.78 bits per heavy atom. The minimum atomic E-state index is -0.241. The number of benzene rings is 1. The molecule has 0 aliphatic heterocycles. The molecule has 0 aliphatic rings. The second-order valence-electron chi connectivity index (χ2n) is 4.06. The Hall–Kier alpha value is -2.63. The Morgan fingerprint density at radius 1 is 1.33 bits per heavy atom. The highest BCUT2D eigenvalue weighted by atomic mass is 16.1. The van der Waals surface area contributed by atoms with E-state index >= 15 is 0 Å². The first-order valence-corrected chi connectivity index (χ1v) is 5.49. The zero-order valence-corrected chi connectivity index (χ0v) is 9.79. The Bertz CT molecular complexity index is 772. The number of nitrogens with zero attached hydrogens (tertiary/aromatic N) is 3. The molecule has 2 aromatic heterocycles. The van der Waals surface area contributed by atoms with Gasteiger partial charge >= 0.3 is 5.56 Å². The number of para-hydroxylation sites is 1. The number of nitrogen functional groups attached to an aromatic ring is 1. The molecule has 0 radical (unpaired) electrons. The molecule has 0 bridgehead atoms. The van der Waals surface area contributed by atoms with E-state index in [-0.39, 0.29) is 11.5 Å². The van der Waals surface area contributed by atoms with E-state index in [1.165, 1.54) is 0 Å². The van der Waals surface area contributed by atoms with Gasteiger partial charge in [-0.15, -0.1) is 0 Å². The van der Waals surface area contributed by atoms with Crippen molar-refractivity contribution in [2.24, 2.45) is 7.05 Å². The molecule has 90 valence electrons. The summed E-state index contributed by atoms with van der Waals surface area (Å²) in [5.74, 6) is 0.114. The van der Waals surface area contributed by atoms with Gasteiger partial charge in [0.15, 0.2) is 0 Å². The third-order valence-corrected chi connectivity index (χ3v) is 2.80. The van der Waals surface area contributed by atoms with E-state index in [4.69, 9.17) is 5.73 Å². The van der Waals surface area contributed by atoms with E-state index in [2.05, 4.69) is 9.97 Å². The van der Waals surface area contributed by atoms with Gasteiger partial charge in [-0.3, -0.25) is 9.78 Å². The Balaban J connectivity index is 2.42. The molecule has 3 N–H and O–H groups in total. The van der Waals surface area contributed by atoms with Gasteiger partial charge in [0.1, 0.15) is 5.69 Å². The summed E-state index contributed by atoms with van der Waals surface area (Å²) in [5, 5.41) is 0. The largest absolute Gasteiger partial charge is 0.369 e. The van der Waals surface area contributed by atoms with Crippen molar-refractivity contribution in [2.75, 3.05) is 5.73 Å². The highest BCUT2D eigenvalue weighted by Gasteiger charge is 2.20. The molecule has 0 atom stereocenters. The maximum Gasteiger partial charge on any atom is 0.304 e. The number of rotatable bonds is 1. The fraction of sp³-hybridized carbons (Fsp3) is 0.0833. The SMILES string of the molecule is C[n+]1cn(-c2ccccc2)c2nc(N)[nH]c(=O)c21. The number of hydrogen-bond donors (Lipinski definition) is 2. The summed E-state index contributed by atoms with van der Waals surface area (Å²) in [7, 11) is 1.80. The number of H-pyrrole nitrogens is 1. The van der Waals surface area contributed by atoms with Crippen molar-refractivity contribution in [1.29, 1.82) is 0 Å². The second kappa shape index (κ2) is 3.69. The third-order valence-electron chi connectivity index (χ3n) is 2.80. The number of nitrogens with one attached hydrogen (secondary N) is 1. The summed E-state index contributed by atoms with van der Waals surface area (Å²) >= 11 is 0. The average Bonchev–Trinajstić information content (AvgIpc) is 2.67. The fourth-order valence-corrected chi connectivity index (χ4v) is 2.02. The Kier molecular flexibility index (Phi) is 2.16. The summed E-state index contributed by atoms with van der Waals surface area (Å²) in [6.07, 6.45) is 1.81. The van der Waals surface area contributed by atoms with Crippen LogP contribution in [0.15, 0.2) is 41.5 Å². The van der Waals surface area contributed by atoms with Gasteiger partial charge in [0.25, 0.3) is 17.5 Å². The molecule has 2 heterocycles. The molecule has 1 aromatic carbocycles. The number of imidazole rings is 1. The number of nitrogens with two attached hydrogens (primary N) is 1. The molecule has 0 unspecified atom stereocenters. The van der Waals surface area contributed by atoms with Crippen LogP contribution in [0.3, 0.4) is 0 Å². The maximum absolute atomic E-state index is 11.9. The molecule has 0 saturated carbocycles. The van der Waals surface area contributed by atoms with Crippen molar-refractivity contribution in [2.45, 2.75) is 0 Å². The quantitative estimate of drug-likeness (QED) is 0.595. The van der Waals surface area contributed by atoms with Gasteiger partial charge in [-0.2, -0.15) is 9.55 Å². The highest BCUT2D eigenvalue weighted by molar-refractivity contribution is 5.69. The molecule has 6 nitrogen and oxygen atoms in total. The lowest BCUT2D eigenvalue weighted by atomic mass is 10.3. The topological polar surface area (TPSA) is 80.6 Å². The average molecular weight is 242 g/mol. The van der Waals surface area contributed by atoms with Crippen LogP contribution < -0.4 is 15.9 Å². The predicted octanol–water partition coefficient (Wildman–Crippen LogP) is 0.120. The monoisotopic (exact) mass is 242 g/mol. The van der Waals surface area contributed by atoms with Gasteiger partial charge in [0.2, 0.25) is 5.95 Å². The van der Waals surface area contributed by atoms with Crippen LogP contribution in [-0.4, -0.2) is 14.5 Å². The minimum absolute atomic E-state index is 0.114. The summed E-state index contributed by atoms with van der Waals surface area (Å²) in [4.78, 5) is 18.5. The van der Waals surface area contributed by atoms with Crippen LogP contribution in [0.1, 0.15) is 0 Å². The van der Waals surface area contributed by atoms with Crippen LogP contribution >= 0.6 is 0 Å². The van der Waals surface area contributed by atoms with Gasteiger partial charge in [-0.25, -0.2) is 4.57 Å². The minimum Gasteiger partial charge on any atom is -0.369 e. The van der Waals surface area contributed by atoms with Crippen LogP contribution in [0.25, 0.3) is 16.9 Å². The molecule has 0 spiro atoms. The number of aryl methyl sites for hydroxylation is 1. The first kappa shape index (κ1) is 10.5. The lowest BCUT2D eigenvalue weighted by molar-refractivity contribution is -0.646. The summed E-state index contributed by atoms with van der Waals surface area (Å²) in [6.45, 7) is 0. The van der Waals surface area contributed by atoms with Crippen molar-refractivity contribution in [1.82, 2.24) is 14.5 Å². The predicted molar refractivity (Wildman–Crippen MR) is 67.3 cm³/mol. The van der Waals surface area contributed by atoms with Crippen LogP contribution in [0.2, 0.25) is 0 Å². The van der Waals surface area contributed by atoms with Gasteiger partial charge in [0.05, 0.1) is 7.05 Å². The second-order valence-corrected chi connectivity index (χ2v) is 4.06. The van der Waals surface area contributed by atoms with E-state index in [1.807, 2.05) is 41.2 Å². The van der Waals surface area contributed by atoms with Crippen molar-refractivity contribution in [3.05, 3.63) is 47.0 Å². The lowest BCUT2D eigenvalue weighted by Gasteiger charge is -1.95. The summed E-state index contributed by atoms with van der Waals surface area (Å²) in [5.41, 5.74) is 7.32. The number of aromatic nitrogens is 4. The van der Waals surface area contributed by atoms with Gasteiger partial charge in [0, 0.05) is 0 Å². The molecule has 0 amide bonds. The van der Waals surface area contributed by atoms with Crippen molar-refractivity contribution in [3.63, 3.8) is 0 Å². The Labute approximate surface area is 102 Å². The van der Waals surface area contributed by atoms with Gasteiger partial charge in [-0.1, -0.05) is 18.2 Å². The standard InChI is InChI=1S/C12H11N5O/c1-16-7-17(8-5-3-2-4-6-8)10-9(16)11(18)15-12(13)14-10/h2-7H,1H3,(H2-,13,14,15,18)/p+1. The molecule has 18 heavy (non-hydrogen) atoms. The molecule has 3 rings (SSSR count). The number of hydrogen-bond acceptors (Lipinski definition) is 3. The van der Waals surface area contributed by atoms with Crippen LogP contribution in [0.5, 0.6) is 0 Å². The van der Waals surface area contributed by atoms with E-state index in [1.54, 1.807) is 11.6 Å². The number of aromatic amines is 1. The molecular formula is C12H12N5O+. The number of anilines is 1. The Morgan fingerprint density at radius 2 is 2.06 bits per heavy atom. The number of fused-ring (bicyclic) bond motifs is 1. The maximum atomic E-state index is 11.9. The zero-order valence-electron chi connectivity index (χ0n) is 9.79. The molecule has 0 saturated heterocycles. The van der Waals surface area contributed by atoms with Gasteiger partial charge in [-0.05, 0) is 12.1 Å². The molecule has 3 aromatic rings. The molecule has 0 fully saturated rings. The van der Waals surface area contributed by atoms with Crippen LogP contribution in [0, 0.1) is 0 Å². The van der Waals surface area contributed by atoms with E-state index in [0.29, 0.717) is 11.2 Å². The molecule has 6 heteroatoms. The first-order valence-electron chi connectivity index (χ1n) is 5.49. The van der Waals surface area contributed by atoms with Crippen LogP contribution in [-0.2, 0) is 7.05 Å². The summed E-state index contributed by atoms with van der Waals surface area (Å²) in [6, 6.07) is 9.68. The van der Waals surface area contributed by atoms with Crippen molar-refractivity contribution < 1.29 is 4.57 Å². The third kappa shape index (κ3) is 1.46. The molecular weight excluding hydrogens is 230 g/mol. The first-order chi connectivity index (χ1) is 8.66.